The molecule has 0 aliphatic carbocycles. The van der Waals surface area contributed by atoms with E-state index in [1.807, 2.05) is 25.1 Å². The van der Waals surface area contributed by atoms with Gasteiger partial charge in [-0.1, -0.05) is 26.3 Å². The molecule has 2 aromatic rings. The number of alkyl halides is 1. The van der Waals surface area contributed by atoms with Gasteiger partial charge in [-0.3, -0.25) is 4.57 Å². The molecule has 98 valence electrons. The average Bonchev–Trinajstić information content (AvgIpc) is 2.70. The summed E-state index contributed by atoms with van der Waals surface area (Å²) in [6.07, 6.45) is 1.02. The number of nitrogens with zero attached hydrogens (tertiary/aromatic N) is 1. The van der Waals surface area contributed by atoms with Crippen LogP contribution in [0.2, 0.25) is 0 Å². The molecule has 0 aliphatic rings. The van der Waals surface area contributed by atoms with E-state index in [0.717, 1.165) is 17.5 Å². The Hall–Kier alpha value is -1.22. The van der Waals surface area contributed by atoms with Crippen molar-refractivity contribution in [3.8, 4) is 0 Å². The van der Waals surface area contributed by atoms with Gasteiger partial charge < -0.3 is 4.42 Å². The molecule has 2 rings (SSSR count). The number of aryl methyl sites for hydroxylation is 1. The van der Waals surface area contributed by atoms with Crippen LogP contribution in [0.1, 0.15) is 38.1 Å². The summed E-state index contributed by atoms with van der Waals surface area (Å²) in [4.78, 5) is 11.6. The zero-order valence-electron chi connectivity index (χ0n) is 10.9. The quantitative estimate of drug-likeness (QED) is 0.787. The predicted octanol–water partition coefficient (Wildman–Crippen LogP) is 3.94. The fourth-order valence-corrected chi connectivity index (χ4v) is 2.40. The first-order valence-electron chi connectivity index (χ1n) is 6.35. The number of oxazole rings is 1. The van der Waals surface area contributed by atoms with Gasteiger partial charge in [0, 0.05) is 6.54 Å². The SMILES string of the molecule is CCC(C)C(Cl)c1ccc2c(c1)oc(=O)n2CC. The van der Waals surface area contributed by atoms with Gasteiger partial charge >= 0.3 is 5.76 Å². The molecule has 1 aromatic heterocycles. The summed E-state index contributed by atoms with van der Waals surface area (Å²) in [6.45, 7) is 6.77. The first-order valence-corrected chi connectivity index (χ1v) is 6.79. The van der Waals surface area contributed by atoms with Gasteiger partial charge in [0.25, 0.3) is 0 Å². The Balaban J connectivity index is 2.48. The van der Waals surface area contributed by atoms with Crippen LogP contribution in [0.25, 0.3) is 11.1 Å². The lowest BCUT2D eigenvalue weighted by Crippen LogP contribution is -2.11. The van der Waals surface area contributed by atoms with Crippen molar-refractivity contribution in [2.45, 2.75) is 39.1 Å². The Bertz CT molecular complexity index is 599. The molecular weight excluding hydrogens is 250 g/mol. The van der Waals surface area contributed by atoms with E-state index in [2.05, 4.69) is 13.8 Å². The lowest BCUT2D eigenvalue weighted by molar-refractivity contribution is 0.511. The molecule has 0 N–H and O–H groups in total. The Morgan fingerprint density at radius 1 is 1.39 bits per heavy atom. The van der Waals surface area contributed by atoms with E-state index in [1.54, 1.807) is 4.57 Å². The number of hydrogen-bond acceptors (Lipinski definition) is 2. The van der Waals surface area contributed by atoms with E-state index in [-0.39, 0.29) is 11.1 Å². The highest BCUT2D eigenvalue weighted by atomic mass is 35.5. The number of hydrogen-bond donors (Lipinski definition) is 0. The molecule has 0 aliphatic heterocycles. The van der Waals surface area contributed by atoms with Crippen LogP contribution in [0, 0.1) is 5.92 Å². The molecule has 0 saturated heterocycles. The number of benzene rings is 1. The molecule has 4 heteroatoms. The first-order chi connectivity index (χ1) is 8.58. The van der Waals surface area contributed by atoms with Crippen LogP contribution >= 0.6 is 11.6 Å². The van der Waals surface area contributed by atoms with Crippen molar-refractivity contribution in [3.63, 3.8) is 0 Å². The summed E-state index contributed by atoms with van der Waals surface area (Å²) in [5.41, 5.74) is 2.46. The van der Waals surface area contributed by atoms with Crippen molar-refractivity contribution < 1.29 is 4.42 Å². The second-order valence-corrected chi connectivity index (χ2v) is 5.10. The van der Waals surface area contributed by atoms with E-state index in [9.17, 15) is 4.79 Å². The van der Waals surface area contributed by atoms with Gasteiger partial charge in [-0.15, -0.1) is 11.6 Å². The molecule has 0 saturated carbocycles. The third-order valence-corrected chi connectivity index (χ3v) is 4.15. The molecule has 0 amide bonds. The van der Waals surface area contributed by atoms with Crippen LogP contribution in [-0.2, 0) is 6.54 Å². The van der Waals surface area contributed by atoms with Crippen molar-refractivity contribution in [1.82, 2.24) is 4.57 Å². The molecule has 2 atom stereocenters. The molecule has 2 unspecified atom stereocenters. The van der Waals surface area contributed by atoms with Gasteiger partial charge in [0.1, 0.15) is 0 Å². The molecule has 0 fully saturated rings. The summed E-state index contributed by atoms with van der Waals surface area (Å²) in [6, 6.07) is 5.77. The van der Waals surface area contributed by atoms with Crippen molar-refractivity contribution >= 4 is 22.7 Å². The van der Waals surface area contributed by atoms with E-state index < -0.39 is 0 Å². The van der Waals surface area contributed by atoms with Crippen molar-refractivity contribution in [2.75, 3.05) is 0 Å². The summed E-state index contributed by atoms with van der Waals surface area (Å²) in [5.74, 6) is 0.0865. The summed E-state index contributed by atoms with van der Waals surface area (Å²) >= 11 is 6.41. The highest BCUT2D eigenvalue weighted by molar-refractivity contribution is 6.21. The Labute approximate surface area is 111 Å². The maximum atomic E-state index is 11.6. The minimum atomic E-state index is -0.306. The van der Waals surface area contributed by atoms with Gasteiger partial charge in [0.2, 0.25) is 0 Å². The third kappa shape index (κ3) is 2.19. The zero-order valence-corrected chi connectivity index (χ0v) is 11.7. The van der Waals surface area contributed by atoms with Crippen LogP contribution in [0.4, 0.5) is 0 Å². The first kappa shape index (κ1) is 13.2. The molecule has 18 heavy (non-hydrogen) atoms. The molecule has 0 radical (unpaired) electrons. The second-order valence-electron chi connectivity index (χ2n) is 4.63. The van der Waals surface area contributed by atoms with Gasteiger partial charge in [0.15, 0.2) is 5.58 Å². The van der Waals surface area contributed by atoms with E-state index in [4.69, 9.17) is 16.0 Å². The standard InChI is InChI=1S/C14H18ClNO2/c1-4-9(3)13(15)10-6-7-11-12(8-10)18-14(17)16(11)5-2/h6-9,13H,4-5H2,1-3H3. The third-order valence-electron chi connectivity index (χ3n) is 3.47. The van der Waals surface area contributed by atoms with E-state index in [1.165, 1.54) is 0 Å². The lowest BCUT2D eigenvalue weighted by atomic mass is 9.98. The molecule has 0 spiro atoms. The van der Waals surface area contributed by atoms with Crippen LogP contribution < -0.4 is 5.76 Å². The zero-order chi connectivity index (χ0) is 13.3. The summed E-state index contributed by atoms with van der Waals surface area (Å²) in [7, 11) is 0. The lowest BCUT2D eigenvalue weighted by Gasteiger charge is -2.16. The van der Waals surface area contributed by atoms with Gasteiger partial charge in [-0.25, -0.2) is 4.79 Å². The monoisotopic (exact) mass is 267 g/mol. The minimum Gasteiger partial charge on any atom is -0.408 e. The van der Waals surface area contributed by atoms with E-state index >= 15 is 0 Å². The van der Waals surface area contributed by atoms with Crippen molar-refractivity contribution in [3.05, 3.63) is 34.3 Å². The van der Waals surface area contributed by atoms with Crippen molar-refractivity contribution in [2.24, 2.45) is 5.92 Å². The van der Waals surface area contributed by atoms with Gasteiger partial charge in [-0.05, 0) is 30.5 Å². The Morgan fingerprint density at radius 3 is 2.72 bits per heavy atom. The Kier molecular flexibility index (Phi) is 3.81. The molecule has 1 heterocycles. The smallest absolute Gasteiger partial charge is 0.408 e. The van der Waals surface area contributed by atoms with Crippen molar-refractivity contribution in [1.29, 1.82) is 0 Å². The van der Waals surface area contributed by atoms with Gasteiger partial charge in [-0.2, -0.15) is 0 Å². The maximum absolute atomic E-state index is 11.6. The topological polar surface area (TPSA) is 35.1 Å². The second kappa shape index (κ2) is 5.19. The minimum absolute atomic E-state index is 0.0466. The van der Waals surface area contributed by atoms with Gasteiger partial charge in [0.05, 0.1) is 10.9 Å². The fourth-order valence-electron chi connectivity index (χ4n) is 2.09. The highest BCUT2D eigenvalue weighted by Crippen LogP contribution is 2.32. The number of fused-ring (bicyclic) bond motifs is 1. The number of aromatic nitrogens is 1. The maximum Gasteiger partial charge on any atom is 0.419 e. The Morgan fingerprint density at radius 2 is 2.11 bits per heavy atom. The fraction of sp³-hybridized carbons (Fsp3) is 0.500. The molecular formula is C14H18ClNO2. The highest BCUT2D eigenvalue weighted by Gasteiger charge is 2.17. The normalized spacial score (nSPS) is 14.9. The molecule has 1 aromatic carbocycles. The summed E-state index contributed by atoms with van der Waals surface area (Å²) in [5, 5.41) is -0.0466. The predicted molar refractivity (Wildman–Crippen MR) is 74.2 cm³/mol. The van der Waals surface area contributed by atoms with Crippen LogP contribution in [-0.4, -0.2) is 4.57 Å². The van der Waals surface area contributed by atoms with Crippen LogP contribution in [0.5, 0.6) is 0 Å². The van der Waals surface area contributed by atoms with Crippen LogP contribution in [0.3, 0.4) is 0 Å². The van der Waals surface area contributed by atoms with Crippen LogP contribution in [0.15, 0.2) is 27.4 Å². The van der Waals surface area contributed by atoms with E-state index in [0.29, 0.717) is 18.0 Å². The number of rotatable bonds is 4. The number of halogens is 1. The molecule has 0 bridgehead atoms. The summed E-state index contributed by atoms with van der Waals surface area (Å²) < 4.78 is 6.86. The average molecular weight is 268 g/mol. The largest absolute Gasteiger partial charge is 0.419 e. The molecule has 3 nitrogen and oxygen atoms in total.